The maximum absolute atomic E-state index is 14.0. The van der Waals surface area contributed by atoms with Crippen molar-refractivity contribution < 1.29 is 23.2 Å². The average Bonchev–Trinajstić information content (AvgIpc) is 2.36. The number of halogens is 2. The molecule has 7 heteroatoms. The van der Waals surface area contributed by atoms with Crippen molar-refractivity contribution in [2.24, 2.45) is 0 Å². The van der Waals surface area contributed by atoms with Crippen LogP contribution in [0, 0.1) is 12.7 Å². The number of aliphatic carboxylic acids is 1. The Morgan fingerprint density at radius 2 is 2.00 bits per heavy atom. The Kier molecular flexibility index (Phi) is 5.72. The third-order valence-electron chi connectivity index (χ3n) is 2.81. The lowest BCUT2D eigenvalue weighted by Crippen LogP contribution is -2.45. The SMILES string of the molecule is Cc1ccc(F)c(C(N[S@+]([O-])C(C)(C)C)C(F)C(=O)O)c1. The summed E-state index contributed by atoms with van der Waals surface area (Å²) >= 11 is -1.74. The summed E-state index contributed by atoms with van der Waals surface area (Å²) < 4.78 is 41.6. The van der Waals surface area contributed by atoms with Crippen molar-refractivity contribution in [3.8, 4) is 0 Å². The standard InChI is InChI=1S/C14H19F2NO3S/c1-8-5-6-10(15)9(7-8)12(11(16)13(18)19)17-21(20)14(2,3)4/h5-7,11-12,17H,1-4H3,(H,18,19)/t11?,12?,21-/m1/s1. The molecule has 2 N–H and O–H groups in total. The van der Waals surface area contributed by atoms with Crippen LogP contribution < -0.4 is 4.72 Å². The van der Waals surface area contributed by atoms with Crippen molar-refractivity contribution in [3.05, 3.63) is 35.1 Å². The van der Waals surface area contributed by atoms with E-state index < -0.39 is 40.1 Å². The molecule has 0 amide bonds. The van der Waals surface area contributed by atoms with Crippen LogP contribution in [0.2, 0.25) is 0 Å². The number of alkyl halides is 1. The molecule has 118 valence electrons. The summed E-state index contributed by atoms with van der Waals surface area (Å²) in [7, 11) is 0. The second kappa shape index (κ2) is 6.72. The normalized spacial score (nSPS) is 16.3. The fourth-order valence-corrected chi connectivity index (χ4v) is 2.45. The van der Waals surface area contributed by atoms with E-state index in [1.807, 2.05) is 0 Å². The highest BCUT2D eigenvalue weighted by molar-refractivity contribution is 7.90. The number of carboxylic acid groups (broad SMARTS) is 1. The fraction of sp³-hybridized carbons (Fsp3) is 0.500. The van der Waals surface area contributed by atoms with Gasteiger partial charge in [0.05, 0.1) is 0 Å². The monoisotopic (exact) mass is 319 g/mol. The Morgan fingerprint density at radius 3 is 2.48 bits per heavy atom. The van der Waals surface area contributed by atoms with Gasteiger partial charge in [-0.25, -0.2) is 13.6 Å². The summed E-state index contributed by atoms with van der Waals surface area (Å²) in [5, 5.41) is 8.85. The molecule has 0 bridgehead atoms. The molecule has 1 rings (SSSR count). The van der Waals surface area contributed by atoms with Crippen LogP contribution in [0.1, 0.15) is 37.9 Å². The van der Waals surface area contributed by atoms with E-state index in [2.05, 4.69) is 4.72 Å². The Bertz CT molecular complexity index is 519. The number of hydrogen-bond acceptors (Lipinski definition) is 3. The number of rotatable bonds is 5. The zero-order chi connectivity index (χ0) is 16.4. The van der Waals surface area contributed by atoms with Gasteiger partial charge in [-0.15, -0.1) is 4.72 Å². The largest absolute Gasteiger partial charge is 0.598 e. The summed E-state index contributed by atoms with van der Waals surface area (Å²) in [5.41, 5.74) is 0.500. The number of carboxylic acids is 1. The van der Waals surface area contributed by atoms with E-state index in [1.165, 1.54) is 12.1 Å². The molecule has 0 fully saturated rings. The van der Waals surface area contributed by atoms with Crippen molar-refractivity contribution in [1.29, 1.82) is 0 Å². The van der Waals surface area contributed by atoms with Gasteiger partial charge in [0, 0.05) is 16.9 Å². The quantitative estimate of drug-likeness (QED) is 0.819. The summed E-state index contributed by atoms with van der Waals surface area (Å²) in [6, 6.07) is 2.45. The van der Waals surface area contributed by atoms with E-state index in [0.717, 1.165) is 6.07 Å². The van der Waals surface area contributed by atoms with Crippen LogP contribution in [0.25, 0.3) is 0 Å². The Morgan fingerprint density at radius 1 is 1.43 bits per heavy atom. The van der Waals surface area contributed by atoms with Gasteiger partial charge >= 0.3 is 5.97 Å². The number of carbonyl (C=O) groups is 1. The van der Waals surface area contributed by atoms with E-state index in [4.69, 9.17) is 5.11 Å². The zero-order valence-corrected chi connectivity index (χ0v) is 13.1. The van der Waals surface area contributed by atoms with Gasteiger partial charge in [0.25, 0.3) is 0 Å². The van der Waals surface area contributed by atoms with E-state index in [0.29, 0.717) is 5.56 Å². The number of nitrogens with one attached hydrogen (secondary N) is 1. The summed E-state index contributed by atoms with van der Waals surface area (Å²) in [5.74, 6) is -2.48. The van der Waals surface area contributed by atoms with Gasteiger partial charge in [0.15, 0.2) is 0 Å². The predicted octanol–water partition coefficient (Wildman–Crippen LogP) is 2.65. The minimum Gasteiger partial charge on any atom is -0.598 e. The van der Waals surface area contributed by atoms with Crippen LogP contribution >= 0.6 is 0 Å². The van der Waals surface area contributed by atoms with Crippen molar-refractivity contribution in [2.45, 2.75) is 44.7 Å². The third kappa shape index (κ3) is 4.66. The van der Waals surface area contributed by atoms with Crippen LogP contribution in [-0.2, 0) is 16.2 Å². The first-order valence-corrected chi connectivity index (χ1v) is 7.50. The number of aryl methyl sites for hydroxylation is 1. The molecule has 0 saturated heterocycles. The molecular weight excluding hydrogens is 300 g/mol. The average molecular weight is 319 g/mol. The summed E-state index contributed by atoms with van der Waals surface area (Å²) in [4.78, 5) is 10.9. The van der Waals surface area contributed by atoms with E-state index in [9.17, 15) is 18.1 Å². The first-order chi connectivity index (χ1) is 9.54. The first kappa shape index (κ1) is 17.9. The molecule has 1 aromatic rings. The van der Waals surface area contributed by atoms with Crippen molar-refractivity contribution in [1.82, 2.24) is 4.72 Å². The zero-order valence-electron chi connectivity index (χ0n) is 12.3. The molecule has 0 heterocycles. The summed E-state index contributed by atoms with van der Waals surface area (Å²) in [6.07, 6.45) is -2.41. The van der Waals surface area contributed by atoms with Crippen molar-refractivity contribution >= 4 is 17.3 Å². The Labute approximate surface area is 125 Å². The molecule has 0 aromatic heterocycles. The number of benzene rings is 1. The van der Waals surface area contributed by atoms with Crippen molar-refractivity contribution in [3.63, 3.8) is 0 Å². The lowest BCUT2D eigenvalue weighted by molar-refractivity contribution is -0.143. The van der Waals surface area contributed by atoms with Gasteiger partial charge in [0.2, 0.25) is 6.17 Å². The molecule has 4 nitrogen and oxygen atoms in total. The molecule has 0 aliphatic rings. The molecule has 0 aliphatic heterocycles. The summed E-state index contributed by atoms with van der Waals surface area (Å²) in [6.45, 7) is 6.62. The molecule has 21 heavy (non-hydrogen) atoms. The van der Waals surface area contributed by atoms with Crippen LogP contribution in [0.3, 0.4) is 0 Å². The first-order valence-electron chi connectivity index (χ1n) is 6.35. The van der Waals surface area contributed by atoms with Gasteiger partial charge in [-0.1, -0.05) is 17.7 Å². The molecule has 0 radical (unpaired) electrons. The van der Waals surface area contributed by atoms with E-state index >= 15 is 0 Å². The maximum atomic E-state index is 14.0. The van der Waals surface area contributed by atoms with Gasteiger partial charge in [-0.05, 0) is 33.8 Å². The third-order valence-corrected chi connectivity index (χ3v) is 4.39. The van der Waals surface area contributed by atoms with E-state index in [-0.39, 0.29) is 5.56 Å². The van der Waals surface area contributed by atoms with Crippen LogP contribution in [0.4, 0.5) is 8.78 Å². The maximum Gasteiger partial charge on any atom is 0.340 e. The predicted molar refractivity (Wildman–Crippen MR) is 77.4 cm³/mol. The van der Waals surface area contributed by atoms with E-state index in [1.54, 1.807) is 27.7 Å². The Hall–Kier alpha value is -1.18. The highest BCUT2D eigenvalue weighted by Gasteiger charge is 2.38. The van der Waals surface area contributed by atoms with Crippen molar-refractivity contribution in [2.75, 3.05) is 0 Å². The highest BCUT2D eigenvalue weighted by Crippen LogP contribution is 2.27. The van der Waals surface area contributed by atoms with Crippen LogP contribution in [-0.4, -0.2) is 26.5 Å². The highest BCUT2D eigenvalue weighted by atomic mass is 32.2. The van der Waals surface area contributed by atoms with Gasteiger partial charge in [0.1, 0.15) is 16.6 Å². The minimum atomic E-state index is -2.41. The molecule has 0 spiro atoms. The van der Waals surface area contributed by atoms with Crippen LogP contribution in [0.5, 0.6) is 0 Å². The molecule has 0 aliphatic carbocycles. The molecule has 0 saturated carbocycles. The minimum absolute atomic E-state index is 0.150. The molecule has 1 aromatic carbocycles. The lowest BCUT2D eigenvalue weighted by Gasteiger charge is -2.28. The van der Waals surface area contributed by atoms with Gasteiger partial charge < -0.3 is 9.66 Å². The Balaban J connectivity index is 3.20. The second-order valence-corrected chi connectivity index (χ2v) is 7.74. The van der Waals surface area contributed by atoms with Gasteiger partial charge in [-0.3, -0.25) is 0 Å². The van der Waals surface area contributed by atoms with Crippen LogP contribution in [0.15, 0.2) is 18.2 Å². The number of hydrogen-bond donors (Lipinski definition) is 2. The second-order valence-electron chi connectivity index (χ2n) is 5.74. The molecule has 2 unspecified atom stereocenters. The molecular formula is C14H19F2NO3S. The smallest absolute Gasteiger partial charge is 0.340 e. The van der Waals surface area contributed by atoms with Gasteiger partial charge in [-0.2, -0.15) is 0 Å². The molecule has 3 atom stereocenters. The lowest BCUT2D eigenvalue weighted by atomic mass is 10.0. The fourth-order valence-electron chi connectivity index (χ4n) is 1.62. The topological polar surface area (TPSA) is 72.4 Å².